The van der Waals surface area contributed by atoms with E-state index in [2.05, 4.69) is 33.7 Å². The number of aromatic amines is 1. The molecule has 0 aliphatic heterocycles. The second-order valence-electron chi connectivity index (χ2n) is 5.62. The van der Waals surface area contributed by atoms with Gasteiger partial charge in [-0.3, -0.25) is 20.7 Å². The summed E-state index contributed by atoms with van der Waals surface area (Å²) >= 11 is 1.56. The highest BCUT2D eigenvalue weighted by Gasteiger charge is 2.24. The number of hydrogen-bond donors (Lipinski definition) is 3. The number of rotatable bonds is 4. The zero-order valence-corrected chi connectivity index (χ0v) is 13.7. The molecule has 6 heteroatoms. The number of carbonyl (C=O) groups is 1. The number of hydrazine groups is 1. The van der Waals surface area contributed by atoms with Crippen LogP contribution in [0.4, 0.5) is 0 Å². The van der Waals surface area contributed by atoms with E-state index in [1.165, 1.54) is 5.56 Å². The van der Waals surface area contributed by atoms with Gasteiger partial charge < -0.3 is 0 Å². The van der Waals surface area contributed by atoms with Gasteiger partial charge in [0.1, 0.15) is 5.69 Å². The Bertz CT molecular complexity index is 911. The van der Waals surface area contributed by atoms with Gasteiger partial charge in [-0.25, -0.2) is 0 Å². The molecule has 24 heavy (non-hydrogen) atoms. The number of thiophene rings is 1. The fourth-order valence-electron chi connectivity index (χ4n) is 2.95. The monoisotopic (exact) mass is 336 g/mol. The lowest BCUT2D eigenvalue weighted by Crippen LogP contribution is -2.36. The summed E-state index contributed by atoms with van der Waals surface area (Å²) < 4.78 is 0. The van der Waals surface area contributed by atoms with Gasteiger partial charge in [0.05, 0.1) is 16.3 Å². The predicted octanol–water partition coefficient (Wildman–Crippen LogP) is 3.14. The quantitative estimate of drug-likeness (QED) is 0.641. The molecule has 0 bridgehead atoms. The van der Waals surface area contributed by atoms with Gasteiger partial charge in [-0.1, -0.05) is 36.9 Å². The Morgan fingerprint density at radius 1 is 1.17 bits per heavy atom. The third-order valence-corrected chi connectivity index (χ3v) is 5.09. The van der Waals surface area contributed by atoms with Gasteiger partial charge in [-0.05, 0) is 29.9 Å². The Balaban J connectivity index is 1.53. The maximum Gasteiger partial charge on any atom is 0.287 e. The second kappa shape index (κ2) is 5.98. The van der Waals surface area contributed by atoms with Crippen LogP contribution >= 0.6 is 11.3 Å². The van der Waals surface area contributed by atoms with Crippen molar-refractivity contribution in [2.24, 2.45) is 0 Å². The summed E-state index contributed by atoms with van der Waals surface area (Å²) in [5.74, 6) is -0.235. The van der Waals surface area contributed by atoms with Gasteiger partial charge in [-0.15, -0.1) is 11.3 Å². The van der Waals surface area contributed by atoms with Crippen molar-refractivity contribution in [3.05, 3.63) is 70.1 Å². The molecule has 0 saturated heterocycles. The first-order valence-corrected chi connectivity index (χ1v) is 8.56. The standard InChI is InChI=1S/C18H16N4OS/c1-11(15-7-4-10-24-15)19-22-18(23)17-14-9-8-12-5-2-3-6-13(12)16(14)20-21-17/h2-7,10,19H,1,8-9H2,(H,20,21)(H,22,23). The molecule has 0 atom stereocenters. The molecule has 1 aliphatic rings. The lowest BCUT2D eigenvalue weighted by atomic mass is 9.89. The van der Waals surface area contributed by atoms with E-state index < -0.39 is 0 Å². The third-order valence-electron chi connectivity index (χ3n) is 4.16. The summed E-state index contributed by atoms with van der Waals surface area (Å²) in [4.78, 5) is 13.5. The van der Waals surface area contributed by atoms with Crippen molar-refractivity contribution in [3.63, 3.8) is 0 Å². The van der Waals surface area contributed by atoms with Crippen LogP contribution in [0.1, 0.15) is 26.5 Å². The van der Waals surface area contributed by atoms with Gasteiger partial charge in [0, 0.05) is 11.1 Å². The molecule has 2 aromatic heterocycles. The van der Waals surface area contributed by atoms with Crippen LogP contribution in [-0.4, -0.2) is 16.1 Å². The minimum Gasteiger partial charge on any atom is -0.297 e. The van der Waals surface area contributed by atoms with E-state index in [4.69, 9.17) is 0 Å². The Morgan fingerprint density at radius 2 is 2.04 bits per heavy atom. The highest BCUT2D eigenvalue weighted by atomic mass is 32.1. The molecule has 2 heterocycles. The number of aromatic nitrogens is 2. The number of fused-ring (bicyclic) bond motifs is 3. The van der Waals surface area contributed by atoms with E-state index in [9.17, 15) is 4.79 Å². The number of nitrogens with zero attached hydrogens (tertiary/aromatic N) is 1. The van der Waals surface area contributed by atoms with E-state index in [0.717, 1.165) is 34.5 Å². The molecule has 1 amide bonds. The van der Waals surface area contributed by atoms with E-state index in [0.29, 0.717) is 11.4 Å². The molecule has 0 radical (unpaired) electrons. The van der Waals surface area contributed by atoms with Crippen LogP contribution in [0.5, 0.6) is 0 Å². The first kappa shape index (κ1) is 14.7. The molecule has 1 aliphatic carbocycles. The number of amides is 1. The van der Waals surface area contributed by atoms with Crippen molar-refractivity contribution in [3.8, 4) is 11.3 Å². The topological polar surface area (TPSA) is 69.8 Å². The average Bonchev–Trinajstić information content (AvgIpc) is 3.28. The van der Waals surface area contributed by atoms with Gasteiger partial charge in [0.2, 0.25) is 0 Å². The van der Waals surface area contributed by atoms with Gasteiger partial charge in [0.15, 0.2) is 0 Å². The highest BCUT2D eigenvalue weighted by molar-refractivity contribution is 7.11. The average molecular weight is 336 g/mol. The van der Waals surface area contributed by atoms with Crippen LogP contribution in [0.2, 0.25) is 0 Å². The zero-order chi connectivity index (χ0) is 16.5. The molecule has 0 unspecified atom stereocenters. The van der Waals surface area contributed by atoms with E-state index in [1.807, 2.05) is 35.7 Å². The van der Waals surface area contributed by atoms with Gasteiger partial charge in [-0.2, -0.15) is 5.10 Å². The lowest BCUT2D eigenvalue weighted by molar-refractivity contribution is 0.0936. The molecule has 120 valence electrons. The molecule has 3 aromatic rings. The van der Waals surface area contributed by atoms with Crippen molar-refractivity contribution in [2.45, 2.75) is 12.8 Å². The fraction of sp³-hybridized carbons (Fsp3) is 0.111. The molecule has 3 N–H and O–H groups in total. The fourth-order valence-corrected chi connectivity index (χ4v) is 3.61. The predicted molar refractivity (Wildman–Crippen MR) is 95.4 cm³/mol. The number of nitrogens with one attached hydrogen (secondary N) is 3. The van der Waals surface area contributed by atoms with Crippen molar-refractivity contribution < 1.29 is 4.79 Å². The highest BCUT2D eigenvalue weighted by Crippen LogP contribution is 2.33. The lowest BCUT2D eigenvalue weighted by Gasteiger charge is -2.16. The number of carbonyl (C=O) groups excluding carboxylic acids is 1. The minimum absolute atomic E-state index is 0.235. The molecule has 0 saturated carbocycles. The van der Waals surface area contributed by atoms with Crippen LogP contribution in [-0.2, 0) is 12.8 Å². The number of benzene rings is 1. The van der Waals surface area contributed by atoms with E-state index in [1.54, 1.807) is 11.3 Å². The van der Waals surface area contributed by atoms with Crippen molar-refractivity contribution in [1.82, 2.24) is 21.0 Å². The van der Waals surface area contributed by atoms with Crippen LogP contribution < -0.4 is 10.9 Å². The maximum atomic E-state index is 12.5. The summed E-state index contributed by atoms with van der Waals surface area (Å²) in [5, 5.41) is 9.21. The Morgan fingerprint density at radius 3 is 2.88 bits per heavy atom. The van der Waals surface area contributed by atoms with Crippen molar-refractivity contribution in [2.75, 3.05) is 0 Å². The van der Waals surface area contributed by atoms with Crippen LogP contribution in [0.15, 0.2) is 48.4 Å². The number of hydrogen-bond acceptors (Lipinski definition) is 4. The largest absolute Gasteiger partial charge is 0.297 e. The number of H-pyrrole nitrogens is 1. The van der Waals surface area contributed by atoms with Gasteiger partial charge >= 0.3 is 0 Å². The van der Waals surface area contributed by atoms with Gasteiger partial charge in [0.25, 0.3) is 5.91 Å². The molecular formula is C18H16N4OS. The SMILES string of the molecule is C=C(NNC(=O)c1[nH]nc2c1CCc1ccccc1-2)c1cccs1. The van der Waals surface area contributed by atoms with Crippen LogP contribution in [0.3, 0.4) is 0 Å². The number of aryl methyl sites for hydroxylation is 1. The summed E-state index contributed by atoms with van der Waals surface area (Å²) in [5.41, 5.74) is 10.9. The van der Waals surface area contributed by atoms with E-state index in [-0.39, 0.29) is 5.91 Å². The Kier molecular flexibility index (Phi) is 3.66. The minimum atomic E-state index is -0.235. The Hall–Kier alpha value is -2.86. The van der Waals surface area contributed by atoms with Crippen molar-refractivity contribution in [1.29, 1.82) is 0 Å². The van der Waals surface area contributed by atoms with Crippen molar-refractivity contribution >= 4 is 22.9 Å². The second-order valence-corrected chi connectivity index (χ2v) is 6.57. The summed E-state index contributed by atoms with van der Waals surface area (Å²) in [6.45, 7) is 3.93. The summed E-state index contributed by atoms with van der Waals surface area (Å²) in [6.07, 6.45) is 1.72. The molecule has 4 rings (SSSR count). The smallest absolute Gasteiger partial charge is 0.287 e. The molecular weight excluding hydrogens is 320 g/mol. The third kappa shape index (κ3) is 2.51. The summed E-state index contributed by atoms with van der Waals surface area (Å²) in [7, 11) is 0. The molecule has 0 fully saturated rings. The zero-order valence-electron chi connectivity index (χ0n) is 12.9. The molecule has 5 nitrogen and oxygen atoms in total. The van der Waals surface area contributed by atoms with Crippen LogP contribution in [0, 0.1) is 0 Å². The summed E-state index contributed by atoms with van der Waals surface area (Å²) in [6, 6.07) is 12.1. The normalized spacial score (nSPS) is 12.2. The first-order chi connectivity index (χ1) is 11.7. The molecule has 0 spiro atoms. The van der Waals surface area contributed by atoms with E-state index >= 15 is 0 Å². The van der Waals surface area contributed by atoms with Crippen LogP contribution in [0.25, 0.3) is 17.0 Å². The first-order valence-electron chi connectivity index (χ1n) is 7.68. The Labute approximate surface area is 143 Å². The molecule has 1 aromatic carbocycles. The maximum absolute atomic E-state index is 12.5.